The smallest absolute Gasteiger partial charge is 0.217 e. The fourth-order valence-corrected chi connectivity index (χ4v) is 12.6. The van der Waals surface area contributed by atoms with Gasteiger partial charge in [-0.25, -0.2) is 0 Å². The van der Waals surface area contributed by atoms with Gasteiger partial charge in [0.1, 0.15) is 195 Å². The maximum absolute atomic E-state index is 12.4. The Morgan fingerprint density at radius 1 is 0.286 bits per heavy atom. The minimum Gasteiger partial charge on any atom is -0.394 e. The molecular formula is C56H98N2O40. The van der Waals surface area contributed by atoms with Crippen molar-refractivity contribution in [2.45, 2.75) is 273 Å². The molecule has 0 aromatic rings. The molecule has 8 heterocycles. The third-order valence-corrected chi connectivity index (χ3v) is 18.0. The van der Waals surface area contributed by atoms with Crippen LogP contribution in [0.15, 0.2) is 0 Å². The number of aliphatic hydroxyl groups excluding tert-OH is 22. The zero-order chi connectivity index (χ0) is 72.6. The molecule has 0 aromatic carbocycles. The van der Waals surface area contributed by atoms with Gasteiger partial charge in [0.25, 0.3) is 0 Å². The van der Waals surface area contributed by atoms with Crippen LogP contribution in [-0.4, -0.2) is 436 Å². The van der Waals surface area contributed by atoms with E-state index in [2.05, 4.69) is 10.6 Å². The molecule has 0 aliphatic carbocycles. The highest BCUT2D eigenvalue weighted by molar-refractivity contribution is 5.73. The summed E-state index contributed by atoms with van der Waals surface area (Å²) < 4.78 is 90.1. The molecule has 8 saturated heterocycles. The monoisotopic (exact) mass is 1440 g/mol. The number of rotatable bonds is 24. The summed E-state index contributed by atoms with van der Waals surface area (Å²) in [6, 6.07) is -3.10. The molecule has 2 amide bonds. The maximum Gasteiger partial charge on any atom is 0.217 e. The number of hydrogen-bond donors (Lipinski definition) is 24. The van der Waals surface area contributed by atoms with Crippen LogP contribution in [0.1, 0.15) is 27.7 Å². The Bertz CT molecular complexity index is 2400. The summed E-state index contributed by atoms with van der Waals surface area (Å²) in [5.41, 5.74) is 0. The second-order valence-corrected chi connectivity index (χ2v) is 24.9. The lowest BCUT2D eigenvalue weighted by atomic mass is 9.94. The number of nitrogens with one attached hydrogen (secondary N) is 2. The van der Waals surface area contributed by atoms with Crippen molar-refractivity contribution in [1.82, 2.24) is 10.6 Å². The van der Waals surface area contributed by atoms with Crippen LogP contribution >= 0.6 is 0 Å². The zero-order valence-corrected chi connectivity index (χ0v) is 53.9. The Labute approximate surface area is 558 Å². The Morgan fingerprint density at radius 3 is 0.929 bits per heavy atom. The highest BCUT2D eigenvalue weighted by Gasteiger charge is 2.59. The number of aliphatic hydroxyl groups is 22. The number of amides is 2. The summed E-state index contributed by atoms with van der Waals surface area (Å²) in [5.74, 6) is -1.43. The van der Waals surface area contributed by atoms with Gasteiger partial charge in [-0.3, -0.25) is 9.59 Å². The third kappa shape index (κ3) is 18.5. The molecule has 572 valence electrons. The van der Waals surface area contributed by atoms with E-state index in [9.17, 15) is 122 Å². The molecule has 0 spiro atoms. The molecule has 8 rings (SSSR count). The van der Waals surface area contributed by atoms with E-state index in [0.29, 0.717) is 0 Å². The maximum atomic E-state index is 12.4. The first kappa shape index (κ1) is 82.7. The molecule has 0 bridgehead atoms. The Kier molecular flexibility index (Phi) is 31.1. The Morgan fingerprint density at radius 2 is 0.561 bits per heavy atom. The molecular weight excluding hydrogens is 1340 g/mol. The van der Waals surface area contributed by atoms with Gasteiger partial charge < -0.3 is 199 Å². The molecule has 42 nitrogen and oxygen atoms in total. The van der Waals surface area contributed by atoms with Crippen LogP contribution in [0, 0.1) is 0 Å². The fourth-order valence-electron chi connectivity index (χ4n) is 12.6. The molecule has 24 N–H and O–H groups in total. The van der Waals surface area contributed by atoms with Crippen LogP contribution in [-0.2, 0) is 85.4 Å². The molecule has 98 heavy (non-hydrogen) atoms. The minimum absolute atomic E-state index is 0.280. The molecule has 8 aliphatic rings. The quantitative estimate of drug-likeness (QED) is 0.0427. The Hall–Kier alpha value is -2.58. The largest absolute Gasteiger partial charge is 0.394 e. The van der Waals surface area contributed by atoms with E-state index >= 15 is 0 Å². The van der Waals surface area contributed by atoms with Gasteiger partial charge in [-0.05, 0) is 13.8 Å². The summed E-state index contributed by atoms with van der Waals surface area (Å²) in [5, 5.41) is 235. The number of hydrogen-bond acceptors (Lipinski definition) is 40. The van der Waals surface area contributed by atoms with Crippen LogP contribution in [0.2, 0.25) is 0 Å². The highest BCUT2D eigenvalue weighted by atomic mass is 16.8. The van der Waals surface area contributed by atoms with E-state index in [0.717, 1.165) is 13.8 Å². The van der Waals surface area contributed by atoms with Gasteiger partial charge in [-0.15, -0.1) is 0 Å². The predicted octanol–water partition coefficient (Wildman–Crippen LogP) is -15.8. The van der Waals surface area contributed by atoms with Crippen LogP contribution < -0.4 is 10.6 Å². The standard InChI is InChI=1S/2C28H49NO20/c1-8-15(34)20(39)24(11(5-31)43-8)48-28-22(41)25(17(36)13(46-28)7-42-3)49-26-14(29-9(2)33)18(37)23(12(6-32)45-26)47-27-21(40)19(38)16(35)10(4-30)44-27;1-8-15(34)20(39)23(12(6-32)43-8)47-28-22(41)25(18(37)13(46-28)7-42-3)49-26-14(29-9(2)33)24(17(36)11(5-31)44-26)48-27-21(40)19(38)16(35)10(4-30)45-27/h2*8,10-28,30-32,34-41H,4-7H2,1-3H3,(H,29,33)/t8?,10?,11?,12?,13?,14?,15?,16-,17-,18+,19-,20+,21?,22?,23+,24+,25-,26-,27-,28-;8?,10?,11?,12?,13?,14?,15?,16-,17+,18-,19-,20+,21?,22?,23+,24+,25-,26-,27-,28-/m00/s1. The molecule has 0 radical (unpaired) electrons. The van der Waals surface area contributed by atoms with Gasteiger partial charge in [0.15, 0.2) is 37.7 Å². The Balaban J connectivity index is 0.000000276. The summed E-state index contributed by atoms with van der Waals surface area (Å²) in [7, 11) is 2.58. The lowest BCUT2D eigenvalue weighted by Gasteiger charge is -2.50. The second kappa shape index (κ2) is 36.9. The number of carbonyl (C=O) groups is 2. The van der Waals surface area contributed by atoms with Crippen molar-refractivity contribution in [1.29, 1.82) is 0 Å². The molecule has 8 aliphatic heterocycles. The van der Waals surface area contributed by atoms with Crippen LogP contribution in [0.5, 0.6) is 0 Å². The topological polar surface area (TPSA) is 651 Å². The summed E-state index contributed by atoms with van der Waals surface area (Å²) in [6.07, 6.45) is -60.4. The molecule has 0 aromatic heterocycles. The van der Waals surface area contributed by atoms with Crippen molar-refractivity contribution in [2.24, 2.45) is 0 Å². The van der Waals surface area contributed by atoms with Crippen molar-refractivity contribution < 1.29 is 198 Å². The lowest BCUT2D eigenvalue weighted by molar-refractivity contribution is -0.376. The first-order chi connectivity index (χ1) is 46.4. The molecule has 8 fully saturated rings. The van der Waals surface area contributed by atoms with Crippen LogP contribution in [0.4, 0.5) is 0 Å². The lowest BCUT2D eigenvalue weighted by Crippen LogP contribution is -2.70. The van der Waals surface area contributed by atoms with Crippen LogP contribution in [0.25, 0.3) is 0 Å². The van der Waals surface area contributed by atoms with Gasteiger partial charge in [0.2, 0.25) is 11.8 Å². The second-order valence-electron chi connectivity index (χ2n) is 24.9. The van der Waals surface area contributed by atoms with E-state index in [1.807, 2.05) is 0 Å². The first-order valence-corrected chi connectivity index (χ1v) is 31.6. The average molecular weight is 1440 g/mol. The normalized spacial score (nSPS) is 49.4. The third-order valence-electron chi connectivity index (χ3n) is 18.0. The predicted molar refractivity (Wildman–Crippen MR) is 307 cm³/mol. The molecule has 42 heteroatoms. The molecule has 0 saturated carbocycles. The van der Waals surface area contributed by atoms with E-state index < -0.39 is 297 Å². The van der Waals surface area contributed by atoms with Gasteiger partial charge in [-0.1, -0.05) is 0 Å². The van der Waals surface area contributed by atoms with Gasteiger partial charge in [0.05, 0.1) is 65.1 Å². The van der Waals surface area contributed by atoms with E-state index in [1.54, 1.807) is 0 Å². The zero-order valence-electron chi connectivity index (χ0n) is 53.9. The first-order valence-electron chi connectivity index (χ1n) is 31.6. The SMILES string of the molecule is COCC1O[C@@H](O[C@@H]2C(CO)OC(C)C(O)[C@H]2O)C(O)[C@@H](O[C@@H]2OC(CO)[C@@H](O)[C@H](O[C@@H]3OC(CO)[C@H](O)[C@H](O)C3O)C2NC(C)=O)[C@H]1O.COCC1O[C@@H](O[C@@H]2C(CO)OC(C)C(O)[C@H]2O)C(O)[C@@H](O[C@@H]2OC(CO)[C@@H](O[C@@H]3OC(CO)[C@H](O)[C@H](O)C3O)[C@H](O)C2NC(C)=O)[C@H]1O. The van der Waals surface area contributed by atoms with Crippen LogP contribution in [0.3, 0.4) is 0 Å². The average Bonchev–Trinajstić information content (AvgIpc) is 0.776. The summed E-state index contributed by atoms with van der Waals surface area (Å²) >= 11 is 0. The summed E-state index contributed by atoms with van der Waals surface area (Å²) in [4.78, 5) is 24.6. The number of methoxy groups -OCH3 is 2. The van der Waals surface area contributed by atoms with Gasteiger partial charge >= 0.3 is 0 Å². The molecule has 18 unspecified atom stereocenters. The van der Waals surface area contributed by atoms with Crippen molar-refractivity contribution in [3.05, 3.63) is 0 Å². The van der Waals surface area contributed by atoms with Crippen molar-refractivity contribution >= 4 is 11.8 Å². The highest BCUT2D eigenvalue weighted by Crippen LogP contribution is 2.38. The van der Waals surface area contributed by atoms with Gasteiger partial charge in [-0.2, -0.15) is 0 Å². The number of carbonyl (C=O) groups excluding carboxylic acids is 2. The number of ether oxygens (including phenoxy) is 16. The van der Waals surface area contributed by atoms with Crippen molar-refractivity contribution in [3.8, 4) is 0 Å². The van der Waals surface area contributed by atoms with E-state index in [-0.39, 0.29) is 13.2 Å². The van der Waals surface area contributed by atoms with E-state index in [1.165, 1.54) is 28.1 Å². The van der Waals surface area contributed by atoms with Crippen molar-refractivity contribution in [2.75, 3.05) is 67.1 Å². The fraction of sp³-hybridized carbons (Fsp3) is 0.964. The van der Waals surface area contributed by atoms with Crippen molar-refractivity contribution in [3.63, 3.8) is 0 Å². The molecule has 40 atom stereocenters. The minimum atomic E-state index is -1.92. The summed E-state index contributed by atoms with van der Waals surface area (Å²) in [6.45, 7) is -0.0517. The van der Waals surface area contributed by atoms with Gasteiger partial charge in [0, 0.05) is 28.1 Å². The van der Waals surface area contributed by atoms with E-state index in [4.69, 9.17) is 75.8 Å².